The topological polar surface area (TPSA) is 101 Å². The molecule has 1 aromatic heterocycles. The number of carbonyl (C=O) groups is 1. The average molecular weight is 445 g/mol. The van der Waals surface area contributed by atoms with Crippen LogP contribution in [0.2, 0.25) is 0 Å². The number of nitrogens with zero attached hydrogens (tertiary/aromatic N) is 1. The Morgan fingerprint density at radius 2 is 1.91 bits per heavy atom. The zero-order valence-electron chi connectivity index (χ0n) is 16.7. The van der Waals surface area contributed by atoms with Crippen LogP contribution in [-0.4, -0.2) is 24.4 Å². The highest BCUT2D eigenvalue weighted by atomic mass is 19.3. The van der Waals surface area contributed by atoms with Crippen molar-refractivity contribution < 1.29 is 37.1 Å². The van der Waals surface area contributed by atoms with Crippen LogP contribution in [0, 0.1) is 10.1 Å². The van der Waals surface area contributed by atoms with E-state index in [1.807, 2.05) is 0 Å². The molecule has 0 saturated heterocycles. The van der Waals surface area contributed by atoms with Gasteiger partial charge in [-0.2, -0.15) is 8.78 Å². The maximum atomic E-state index is 12.4. The smallest absolute Gasteiger partial charge is 0.387 e. The molecule has 0 atom stereocenters. The van der Waals surface area contributed by atoms with E-state index in [0.29, 0.717) is 11.5 Å². The van der Waals surface area contributed by atoms with E-state index < -0.39 is 17.3 Å². The summed E-state index contributed by atoms with van der Waals surface area (Å²) in [4.78, 5) is 22.9. The molecule has 0 N–H and O–H groups in total. The van der Waals surface area contributed by atoms with Crippen molar-refractivity contribution in [3.8, 4) is 17.2 Å². The summed E-state index contributed by atoms with van der Waals surface area (Å²) in [6.07, 6.45) is 2.67. The third-order valence-electron chi connectivity index (χ3n) is 4.18. The van der Waals surface area contributed by atoms with Gasteiger partial charge in [-0.1, -0.05) is 12.1 Å². The first-order chi connectivity index (χ1) is 15.4. The molecule has 0 spiro atoms. The number of nitro groups is 1. The number of hydrogen-bond acceptors (Lipinski definition) is 7. The summed E-state index contributed by atoms with van der Waals surface area (Å²) in [5.41, 5.74) is 0.0383. The van der Waals surface area contributed by atoms with Gasteiger partial charge >= 0.3 is 12.3 Å². The first-order valence-electron chi connectivity index (χ1n) is 9.17. The lowest BCUT2D eigenvalue weighted by Gasteiger charge is -2.10. The number of carbonyl (C=O) groups excluding carboxylic acids is 1. The number of alkyl halides is 2. The van der Waals surface area contributed by atoms with Crippen LogP contribution in [-0.2, 0) is 6.61 Å². The zero-order chi connectivity index (χ0) is 23.1. The summed E-state index contributed by atoms with van der Waals surface area (Å²) < 4.78 is 45.1. The second-order valence-electron chi connectivity index (χ2n) is 6.26. The summed E-state index contributed by atoms with van der Waals surface area (Å²) >= 11 is 0. The third-order valence-corrected chi connectivity index (χ3v) is 4.18. The fourth-order valence-corrected chi connectivity index (χ4v) is 2.71. The minimum atomic E-state index is -3.02. The van der Waals surface area contributed by atoms with Crippen LogP contribution in [0.5, 0.6) is 17.2 Å². The highest BCUT2D eigenvalue weighted by molar-refractivity contribution is 6.07. The van der Waals surface area contributed by atoms with Crippen molar-refractivity contribution in [2.75, 3.05) is 7.11 Å². The molecule has 0 radical (unpaired) electrons. The SMILES string of the molecule is COc1cc(C(=O)/C=C/c2ccc(COc3ccccc3[N+](=O)[O-])o2)ccc1OC(F)F. The average Bonchev–Trinajstić information content (AvgIpc) is 3.24. The van der Waals surface area contributed by atoms with E-state index in [1.165, 1.54) is 55.7 Å². The number of halogens is 2. The molecule has 3 aromatic rings. The number of benzene rings is 2. The Morgan fingerprint density at radius 3 is 2.62 bits per heavy atom. The van der Waals surface area contributed by atoms with E-state index in [1.54, 1.807) is 18.2 Å². The van der Waals surface area contributed by atoms with E-state index in [4.69, 9.17) is 13.9 Å². The van der Waals surface area contributed by atoms with Gasteiger partial charge in [0.15, 0.2) is 23.0 Å². The van der Waals surface area contributed by atoms with Gasteiger partial charge in [0.2, 0.25) is 0 Å². The highest BCUT2D eigenvalue weighted by Crippen LogP contribution is 2.30. The van der Waals surface area contributed by atoms with Crippen LogP contribution >= 0.6 is 0 Å². The second kappa shape index (κ2) is 10.2. The predicted octanol–water partition coefficient (Wildman–Crippen LogP) is 5.27. The normalized spacial score (nSPS) is 11.0. The molecule has 0 saturated carbocycles. The maximum Gasteiger partial charge on any atom is 0.387 e. The van der Waals surface area contributed by atoms with Crippen LogP contribution in [0.15, 0.2) is 65.1 Å². The van der Waals surface area contributed by atoms with E-state index >= 15 is 0 Å². The number of ketones is 1. The zero-order valence-corrected chi connectivity index (χ0v) is 16.7. The number of nitro benzene ring substituents is 1. The Labute approximate surface area is 180 Å². The molecule has 2 aromatic carbocycles. The van der Waals surface area contributed by atoms with E-state index in [2.05, 4.69) is 4.74 Å². The summed E-state index contributed by atoms with van der Waals surface area (Å²) in [7, 11) is 1.27. The Hall–Kier alpha value is -4.21. The molecule has 0 unspecified atom stereocenters. The Morgan fingerprint density at radius 1 is 1.12 bits per heavy atom. The number of para-hydroxylation sites is 2. The Kier molecular flexibility index (Phi) is 7.17. The lowest BCUT2D eigenvalue weighted by molar-refractivity contribution is -0.386. The molecule has 0 fully saturated rings. The minimum absolute atomic E-state index is 0.00279. The van der Waals surface area contributed by atoms with E-state index in [9.17, 15) is 23.7 Å². The van der Waals surface area contributed by atoms with Gasteiger partial charge in [-0.25, -0.2) is 0 Å². The fourth-order valence-electron chi connectivity index (χ4n) is 2.71. The molecule has 0 aliphatic rings. The van der Waals surface area contributed by atoms with Gasteiger partial charge in [-0.3, -0.25) is 14.9 Å². The van der Waals surface area contributed by atoms with Gasteiger partial charge in [0, 0.05) is 11.6 Å². The van der Waals surface area contributed by atoms with Crippen molar-refractivity contribution >= 4 is 17.5 Å². The molecule has 0 aliphatic heterocycles. The summed E-state index contributed by atoms with van der Waals surface area (Å²) in [6, 6.07) is 13.0. The quantitative estimate of drug-likeness (QED) is 0.181. The lowest BCUT2D eigenvalue weighted by atomic mass is 10.1. The van der Waals surface area contributed by atoms with Gasteiger partial charge in [0.25, 0.3) is 0 Å². The first kappa shape index (κ1) is 22.5. The number of allylic oxidation sites excluding steroid dienone is 1. The Balaban J connectivity index is 1.64. The van der Waals surface area contributed by atoms with Gasteiger partial charge < -0.3 is 18.6 Å². The van der Waals surface area contributed by atoms with Crippen molar-refractivity contribution in [1.29, 1.82) is 0 Å². The minimum Gasteiger partial charge on any atom is -0.493 e. The van der Waals surface area contributed by atoms with Crippen molar-refractivity contribution in [2.45, 2.75) is 13.2 Å². The predicted molar refractivity (Wildman–Crippen MR) is 109 cm³/mol. The van der Waals surface area contributed by atoms with E-state index in [0.717, 1.165) is 0 Å². The summed E-state index contributed by atoms with van der Waals surface area (Å²) in [5, 5.41) is 11.0. The van der Waals surface area contributed by atoms with Crippen molar-refractivity contribution in [1.82, 2.24) is 0 Å². The van der Waals surface area contributed by atoms with Gasteiger partial charge in [0.05, 0.1) is 12.0 Å². The van der Waals surface area contributed by atoms with Gasteiger partial charge in [0.1, 0.15) is 18.1 Å². The van der Waals surface area contributed by atoms with Crippen LogP contribution in [0.25, 0.3) is 6.08 Å². The van der Waals surface area contributed by atoms with Crippen LogP contribution in [0.3, 0.4) is 0 Å². The molecular weight excluding hydrogens is 428 g/mol. The third kappa shape index (κ3) is 5.69. The molecule has 8 nitrogen and oxygen atoms in total. The second-order valence-corrected chi connectivity index (χ2v) is 6.26. The van der Waals surface area contributed by atoms with Crippen molar-refractivity contribution in [3.05, 3.63) is 87.9 Å². The molecule has 0 aliphatic carbocycles. The van der Waals surface area contributed by atoms with Crippen LogP contribution in [0.1, 0.15) is 21.9 Å². The number of ether oxygens (including phenoxy) is 3. The number of rotatable bonds is 10. The molecular formula is C22H17F2NO7. The van der Waals surface area contributed by atoms with E-state index in [-0.39, 0.29) is 35.1 Å². The molecule has 32 heavy (non-hydrogen) atoms. The first-order valence-corrected chi connectivity index (χ1v) is 9.17. The van der Waals surface area contributed by atoms with Crippen LogP contribution < -0.4 is 14.2 Å². The summed E-state index contributed by atoms with van der Waals surface area (Å²) in [6.45, 7) is -3.06. The van der Waals surface area contributed by atoms with Crippen molar-refractivity contribution in [3.63, 3.8) is 0 Å². The molecule has 10 heteroatoms. The molecule has 0 bridgehead atoms. The number of hydrogen-bond donors (Lipinski definition) is 0. The molecule has 1 heterocycles. The molecule has 3 rings (SSSR count). The number of furan rings is 1. The maximum absolute atomic E-state index is 12.4. The fraction of sp³-hybridized carbons (Fsp3) is 0.136. The Bertz CT molecular complexity index is 1140. The van der Waals surface area contributed by atoms with Gasteiger partial charge in [-0.05, 0) is 48.6 Å². The highest BCUT2D eigenvalue weighted by Gasteiger charge is 2.15. The molecule has 166 valence electrons. The van der Waals surface area contributed by atoms with Crippen LogP contribution in [0.4, 0.5) is 14.5 Å². The van der Waals surface area contributed by atoms with Crippen molar-refractivity contribution in [2.24, 2.45) is 0 Å². The lowest BCUT2D eigenvalue weighted by Crippen LogP contribution is -2.04. The number of methoxy groups -OCH3 is 1. The summed E-state index contributed by atoms with van der Waals surface area (Å²) in [5.74, 6) is 0.249. The standard InChI is InChI=1S/C22H17F2NO7/c1-29-21-12-14(6-11-20(21)32-22(23)24)18(26)10-9-15-7-8-16(31-15)13-30-19-5-3-2-4-17(19)25(27)28/h2-12,22H,13H2,1H3/b10-9+. The van der Waals surface area contributed by atoms with Gasteiger partial charge in [-0.15, -0.1) is 0 Å². The molecule has 0 amide bonds. The largest absolute Gasteiger partial charge is 0.493 e. The monoisotopic (exact) mass is 445 g/mol.